The minimum Gasteiger partial charge on any atom is -0.454 e. The second-order valence-corrected chi connectivity index (χ2v) is 10.6. The molecular weight excluding hydrogens is 569 g/mol. The van der Waals surface area contributed by atoms with Crippen LogP contribution < -0.4 is 9.64 Å². The highest BCUT2D eigenvalue weighted by molar-refractivity contribution is 6.42. The third-order valence-electron chi connectivity index (χ3n) is 7.09. The lowest BCUT2D eigenvalue weighted by Crippen LogP contribution is -2.31. The summed E-state index contributed by atoms with van der Waals surface area (Å²) in [6.07, 6.45) is 4.36. The molecule has 1 heterocycles. The molecule has 0 saturated carbocycles. The van der Waals surface area contributed by atoms with Crippen LogP contribution >= 0.6 is 23.2 Å². The number of esters is 2. The van der Waals surface area contributed by atoms with Crippen molar-refractivity contribution in [3.63, 3.8) is 0 Å². The fraction of sp³-hybridized carbons (Fsp3) is 0.194. The highest BCUT2D eigenvalue weighted by Crippen LogP contribution is 2.40. The molecule has 3 aromatic rings. The topological polar surface area (TPSA) is 107 Å². The molecule has 3 atom stereocenters. The molecule has 0 aromatic heterocycles. The zero-order chi connectivity index (χ0) is 29.3. The SMILES string of the molecule is CC1C=CCC2C(=O)N(c3cccc(C(=O)OCC(=O)c4ccc(OC(=O)c5ccc(Cl)c(Cl)c5)cc4)c3)C(=O)C12. The summed E-state index contributed by atoms with van der Waals surface area (Å²) in [6.45, 7) is 1.37. The van der Waals surface area contributed by atoms with Crippen LogP contribution in [0.2, 0.25) is 10.0 Å². The molecule has 8 nitrogen and oxygen atoms in total. The second-order valence-electron chi connectivity index (χ2n) is 9.76. The number of ether oxygens (including phenoxy) is 2. The first-order valence-electron chi connectivity index (χ1n) is 12.8. The van der Waals surface area contributed by atoms with Gasteiger partial charge in [0, 0.05) is 5.56 Å². The zero-order valence-electron chi connectivity index (χ0n) is 21.7. The van der Waals surface area contributed by atoms with Gasteiger partial charge in [0.25, 0.3) is 0 Å². The van der Waals surface area contributed by atoms with E-state index in [1.165, 1.54) is 54.6 Å². The minimum absolute atomic E-state index is 0.0574. The average Bonchev–Trinajstić information content (AvgIpc) is 3.23. The number of carbonyl (C=O) groups excluding carboxylic acids is 5. The van der Waals surface area contributed by atoms with E-state index in [2.05, 4.69) is 0 Å². The maximum atomic E-state index is 13.1. The van der Waals surface area contributed by atoms with Crippen molar-refractivity contribution in [2.24, 2.45) is 17.8 Å². The molecule has 1 fully saturated rings. The number of ketones is 1. The highest BCUT2D eigenvalue weighted by Gasteiger charge is 2.50. The lowest BCUT2D eigenvalue weighted by molar-refractivity contribution is -0.122. The summed E-state index contributed by atoms with van der Waals surface area (Å²) in [5, 5.41) is 0.521. The van der Waals surface area contributed by atoms with Crippen molar-refractivity contribution in [3.05, 3.63) is 106 Å². The standard InChI is InChI=1S/C31H23Cl2NO7/c1-17-4-2-7-23-27(17)29(37)34(28(23)36)21-6-3-5-19(14-21)30(38)40-16-26(35)18-8-11-22(12-9-18)41-31(39)20-10-13-24(32)25(33)15-20/h2-6,8-15,17,23,27H,7,16H2,1H3. The molecule has 0 spiro atoms. The van der Waals surface area contributed by atoms with Gasteiger partial charge in [-0.05, 0) is 73.0 Å². The quantitative estimate of drug-likeness (QED) is 0.110. The molecule has 2 aliphatic rings. The molecule has 10 heteroatoms. The molecule has 0 N–H and O–H groups in total. The molecular formula is C31H23Cl2NO7. The van der Waals surface area contributed by atoms with Crippen LogP contribution in [0.3, 0.4) is 0 Å². The Morgan fingerprint density at radius 2 is 1.56 bits per heavy atom. The Morgan fingerprint density at radius 3 is 2.27 bits per heavy atom. The van der Waals surface area contributed by atoms with Crippen molar-refractivity contribution < 1.29 is 33.4 Å². The molecule has 1 saturated heterocycles. The first-order valence-corrected chi connectivity index (χ1v) is 13.5. The number of benzene rings is 3. The number of fused-ring (bicyclic) bond motifs is 1. The lowest BCUT2D eigenvalue weighted by Gasteiger charge is -2.22. The zero-order valence-corrected chi connectivity index (χ0v) is 23.2. The Hall–Kier alpha value is -4.27. The molecule has 208 valence electrons. The van der Waals surface area contributed by atoms with Crippen LogP contribution in [0, 0.1) is 17.8 Å². The number of halogens is 2. The number of hydrogen-bond donors (Lipinski definition) is 0. The van der Waals surface area contributed by atoms with Crippen LogP contribution in [-0.2, 0) is 14.3 Å². The number of anilines is 1. The summed E-state index contributed by atoms with van der Waals surface area (Å²) in [7, 11) is 0. The van der Waals surface area contributed by atoms with Gasteiger partial charge in [0.15, 0.2) is 12.4 Å². The lowest BCUT2D eigenvalue weighted by atomic mass is 9.78. The number of carbonyl (C=O) groups is 5. The number of amides is 2. The first-order chi connectivity index (χ1) is 19.6. The number of hydrogen-bond acceptors (Lipinski definition) is 7. The summed E-state index contributed by atoms with van der Waals surface area (Å²) in [6, 6.07) is 16.1. The van der Waals surface area contributed by atoms with Crippen molar-refractivity contribution in [2.45, 2.75) is 13.3 Å². The number of allylic oxidation sites excluding steroid dienone is 2. The summed E-state index contributed by atoms with van der Waals surface area (Å²) in [4.78, 5) is 64.9. The van der Waals surface area contributed by atoms with Gasteiger partial charge in [-0.15, -0.1) is 0 Å². The van der Waals surface area contributed by atoms with Gasteiger partial charge in [-0.2, -0.15) is 0 Å². The summed E-state index contributed by atoms with van der Waals surface area (Å²) >= 11 is 11.8. The third kappa shape index (κ3) is 5.80. The first kappa shape index (κ1) is 28.3. The Bertz CT molecular complexity index is 1600. The van der Waals surface area contributed by atoms with Crippen LogP contribution in [0.15, 0.2) is 78.9 Å². The van der Waals surface area contributed by atoms with E-state index in [0.29, 0.717) is 11.4 Å². The Balaban J connectivity index is 1.19. The fourth-order valence-corrected chi connectivity index (χ4v) is 5.27. The van der Waals surface area contributed by atoms with E-state index >= 15 is 0 Å². The molecule has 1 aliphatic heterocycles. The van der Waals surface area contributed by atoms with Crippen molar-refractivity contribution in [2.75, 3.05) is 11.5 Å². The third-order valence-corrected chi connectivity index (χ3v) is 7.83. The van der Waals surface area contributed by atoms with Gasteiger partial charge in [-0.3, -0.25) is 19.3 Å². The predicted octanol–water partition coefficient (Wildman–Crippen LogP) is 5.95. The van der Waals surface area contributed by atoms with Crippen LogP contribution in [0.4, 0.5) is 5.69 Å². The number of imide groups is 1. The van der Waals surface area contributed by atoms with Crippen LogP contribution in [-0.4, -0.2) is 36.1 Å². The van der Waals surface area contributed by atoms with E-state index < -0.39 is 36.2 Å². The highest BCUT2D eigenvalue weighted by atomic mass is 35.5. The van der Waals surface area contributed by atoms with E-state index in [1.807, 2.05) is 19.1 Å². The Kier molecular flexibility index (Phi) is 8.06. The van der Waals surface area contributed by atoms with Crippen LogP contribution in [0.5, 0.6) is 5.75 Å². The molecule has 1 aliphatic carbocycles. The van der Waals surface area contributed by atoms with E-state index in [-0.39, 0.29) is 50.9 Å². The van der Waals surface area contributed by atoms with Gasteiger partial charge in [0.05, 0.1) is 38.7 Å². The minimum atomic E-state index is -0.779. The maximum absolute atomic E-state index is 13.1. The van der Waals surface area contributed by atoms with Gasteiger partial charge in [-0.25, -0.2) is 9.59 Å². The van der Waals surface area contributed by atoms with Gasteiger partial charge in [-0.1, -0.05) is 48.3 Å². The van der Waals surface area contributed by atoms with E-state index in [0.717, 1.165) is 4.90 Å². The van der Waals surface area contributed by atoms with Gasteiger partial charge >= 0.3 is 11.9 Å². The Morgan fingerprint density at radius 1 is 0.854 bits per heavy atom. The van der Waals surface area contributed by atoms with E-state index in [9.17, 15) is 24.0 Å². The average molecular weight is 592 g/mol. The van der Waals surface area contributed by atoms with Crippen LogP contribution in [0.1, 0.15) is 44.4 Å². The summed E-state index contributed by atoms with van der Waals surface area (Å²) in [5.41, 5.74) is 0.827. The summed E-state index contributed by atoms with van der Waals surface area (Å²) in [5.74, 6) is -3.19. The Labute approximate surface area is 245 Å². The van der Waals surface area contributed by atoms with Gasteiger partial charge in [0.1, 0.15) is 5.75 Å². The predicted molar refractivity (Wildman–Crippen MR) is 151 cm³/mol. The fourth-order valence-electron chi connectivity index (χ4n) is 4.97. The molecule has 3 unspecified atom stereocenters. The largest absolute Gasteiger partial charge is 0.454 e. The molecule has 0 radical (unpaired) electrons. The monoisotopic (exact) mass is 591 g/mol. The molecule has 3 aromatic carbocycles. The molecule has 0 bridgehead atoms. The van der Waals surface area contributed by atoms with Crippen LogP contribution in [0.25, 0.3) is 0 Å². The van der Waals surface area contributed by atoms with E-state index in [1.54, 1.807) is 12.1 Å². The van der Waals surface area contributed by atoms with Crippen molar-refractivity contribution in [1.82, 2.24) is 0 Å². The van der Waals surface area contributed by atoms with E-state index in [4.69, 9.17) is 32.7 Å². The normalized spacial score (nSPS) is 19.6. The number of rotatable bonds is 7. The summed E-state index contributed by atoms with van der Waals surface area (Å²) < 4.78 is 10.5. The number of Topliss-reactive ketones (excluding diaryl/α,β-unsaturated/α-hetero) is 1. The molecule has 2 amide bonds. The number of nitrogens with zero attached hydrogens (tertiary/aromatic N) is 1. The molecule has 5 rings (SSSR count). The smallest absolute Gasteiger partial charge is 0.343 e. The van der Waals surface area contributed by atoms with Gasteiger partial charge < -0.3 is 9.47 Å². The van der Waals surface area contributed by atoms with Gasteiger partial charge in [0.2, 0.25) is 11.8 Å². The molecule has 41 heavy (non-hydrogen) atoms. The van der Waals surface area contributed by atoms with Crippen molar-refractivity contribution in [1.29, 1.82) is 0 Å². The maximum Gasteiger partial charge on any atom is 0.343 e. The van der Waals surface area contributed by atoms with Crippen molar-refractivity contribution in [3.8, 4) is 5.75 Å². The van der Waals surface area contributed by atoms with Crippen molar-refractivity contribution >= 4 is 58.4 Å². The second kappa shape index (κ2) is 11.7.